The number of hydrogen-bond donors (Lipinski definition) is 1. The van der Waals surface area contributed by atoms with Crippen LogP contribution in [-0.2, 0) is 23.9 Å². The van der Waals surface area contributed by atoms with Crippen molar-refractivity contribution in [2.24, 2.45) is 5.73 Å². The lowest BCUT2D eigenvalue weighted by Crippen LogP contribution is -2.32. The summed E-state index contributed by atoms with van der Waals surface area (Å²) < 4.78 is 11.3. The molecule has 0 amide bonds. The van der Waals surface area contributed by atoms with Gasteiger partial charge in [0.05, 0.1) is 12.6 Å². The second kappa shape index (κ2) is 39.1. The van der Waals surface area contributed by atoms with Crippen LogP contribution in [0.4, 0.5) is 0 Å². The van der Waals surface area contributed by atoms with Crippen LogP contribution in [0.15, 0.2) is 0 Å². The van der Waals surface area contributed by atoms with E-state index in [0.717, 1.165) is 25.7 Å². The van der Waals surface area contributed by atoms with Gasteiger partial charge in [-0.3, -0.25) is 14.4 Å². The second-order valence-corrected chi connectivity index (χ2v) is 14.9. The quantitative estimate of drug-likeness (QED) is 0.0505. The lowest BCUT2D eigenvalue weighted by Gasteiger charge is -2.18. The maximum atomic E-state index is 12.6. The number of unbranched alkanes of at least 4 members (excludes halogenated alkanes) is 24. The molecule has 0 aliphatic rings. The number of thioether (sulfide) groups is 1. The third-order valence-corrected chi connectivity index (χ3v) is 10.3. The van der Waals surface area contributed by atoms with Crippen molar-refractivity contribution in [3.8, 4) is 0 Å². The number of carbonyl (C=O) groups excluding carboxylic acids is 3. The van der Waals surface area contributed by atoms with Crippen LogP contribution < -0.4 is 5.73 Å². The molecule has 2 atom stereocenters. The van der Waals surface area contributed by atoms with E-state index in [1.165, 1.54) is 160 Å². The normalized spacial score (nSPS) is 12.3. The molecule has 0 aliphatic carbocycles. The topological polar surface area (TPSA) is 95.7 Å². The number of carbonyl (C=O) groups is 3. The first-order chi connectivity index (χ1) is 22.9. The molecule has 0 aromatic carbocycles. The van der Waals surface area contributed by atoms with Crippen LogP contribution in [0.5, 0.6) is 0 Å². The molecule has 0 aromatic heterocycles. The summed E-state index contributed by atoms with van der Waals surface area (Å²) in [6.07, 6.45) is 34.1. The Kier molecular flexibility index (Phi) is 40.2. The highest BCUT2D eigenvalue weighted by molar-refractivity contribution is 7.99. The predicted octanol–water partition coefficient (Wildman–Crippen LogP) is 11.6. The molecule has 2 N–H and O–H groups in total. The number of hydrogen-bond acceptors (Lipinski definition) is 7. The Morgan fingerprint density at radius 1 is 0.542 bits per heavy atom. The summed E-state index contributed by atoms with van der Waals surface area (Å²) >= 11 is 1.51. The van der Waals surface area contributed by atoms with E-state index < -0.39 is 6.04 Å². The van der Waals surface area contributed by atoms with Gasteiger partial charge in [0.1, 0.15) is 11.9 Å². The molecule has 8 heteroatoms. The smallest absolute Gasteiger partial charge is 0.306 e. The summed E-state index contributed by atoms with van der Waals surface area (Å²) in [5.74, 6) is 0.628. The fraction of sp³-hybridized carbons (Fsp3) is 0.925. The zero-order valence-electron chi connectivity index (χ0n) is 31.8. The first-order valence-corrected chi connectivity index (χ1v) is 21.2. The Bertz CT molecular complexity index is 724. The van der Waals surface area contributed by atoms with Crippen LogP contribution in [0.3, 0.4) is 0 Å². The summed E-state index contributed by atoms with van der Waals surface area (Å²) in [6.45, 7) is 6.26. The van der Waals surface area contributed by atoms with Crippen molar-refractivity contribution in [2.75, 3.05) is 18.1 Å². The fourth-order valence-corrected chi connectivity index (χ4v) is 6.94. The maximum Gasteiger partial charge on any atom is 0.306 e. The lowest BCUT2D eigenvalue weighted by molar-refractivity contribution is -0.150. The number of Topliss-reactive ketones (excluding diaryl/α,β-unsaturated/α-hetero) is 1. The van der Waals surface area contributed by atoms with Crippen molar-refractivity contribution < 1.29 is 23.9 Å². The maximum absolute atomic E-state index is 12.6. The summed E-state index contributed by atoms with van der Waals surface area (Å²) in [4.78, 5) is 36.4. The summed E-state index contributed by atoms with van der Waals surface area (Å²) in [5, 5.41) is 0. The van der Waals surface area contributed by atoms with Gasteiger partial charge in [0, 0.05) is 30.8 Å². The van der Waals surface area contributed by atoms with Gasteiger partial charge in [-0.25, -0.2) is 0 Å². The van der Waals surface area contributed by atoms with E-state index in [-0.39, 0.29) is 43.9 Å². The van der Waals surface area contributed by atoms with Crippen LogP contribution in [-0.4, -0.2) is 48.0 Å². The Morgan fingerprint density at radius 3 is 1.27 bits per heavy atom. The van der Waals surface area contributed by atoms with Crippen LogP contribution in [0, 0.1) is 0 Å². The third-order valence-electron chi connectivity index (χ3n) is 9.09. The number of ether oxygens (including phenoxy) is 2. The first-order valence-electron chi connectivity index (χ1n) is 20.1. The van der Waals surface area contributed by atoms with E-state index in [1.54, 1.807) is 0 Å². The lowest BCUT2D eigenvalue weighted by atomic mass is 10.0. The largest absolute Gasteiger partial charge is 0.466 e. The van der Waals surface area contributed by atoms with E-state index in [1.807, 2.05) is 0 Å². The van der Waals surface area contributed by atoms with Crippen LogP contribution >= 0.6 is 25.3 Å². The molecule has 0 rings (SSSR count). The Labute approximate surface area is 308 Å². The molecule has 0 radical (unpaired) electrons. The standard InChI is InChI=1S/C40H77NO5S.H2S/c1-4-6-8-10-12-14-16-18-20-22-24-26-28-30-39(43)45-33-32-37(34-47-35-38(41)36(3)42)46-40(44)31-29-27-25-23-21-19-17-15-13-11-9-7-5-2;/h37-38H,4-35,41H2,1-3H3;1H2/t37-,38-;/m0./s1. The second-order valence-electron chi connectivity index (χ2n) is 13.9. The molecule has 0 aliphatic heterocycles. The molecular formula is C40H79NO5S2. The Balaban J connectivity index is 0. The van der Waals surface area contributed by atoms with E-state index in [9.17, 15) is 14.4 Å². The van der Waals surface area contributed by atoms with Gasteiger partial charge in [0.25, 0.3) is 0 Å². The van der Waals surface area contributed by atoms with Gasteiger partial charge in [-0.2, -0.15) is 25.3 Å². The van der Waals surface area contributed by atoms with Crippen molar-refractivity contribution in [3.05, 3.63) is 0 Å². The molecule has 0 heterocycles. The number of nitrogens with two attached hydrogens (primary N) is 1. The van der Waals surface area contributed by atoms with Crippen LogP contribution in [0.1, 0.15) is 207 Å². The van der Waals surface area contributed by atoms with Gasteiger partial charge >= 0.3 is 11.9 Å². The Hall–Kier alpha value is -0.730. The summed E-state index contributed by atoms with van der Waals surface area (Å²) in [7, 11) is 0. The van der Waals surface area contributed by atoms with Gasteiger partial charge in [-0.1, -0.05) is 168 Å². The highest BCUT2D eigenvalue weighted by atomic mass is 32.2. The Morgan fingerprint density at radius 2 is 0.896 bits per heavy atom. The predicted molar refractivity (Wildman–Crippen MR) is 212 cm³/mol. The van der Waals surface area contributed by atoms with Crippen molar-refractivity contribution in [2.45, 2.75) is 219 Å². The minimum absolute atomic E-state index is 0. The van der Waals surface area contributed by atoms with Crippen molar-refractivity contribution in [1.82, 2.24) is 0 Å². The highest BCUT2D eigenvalue weighted by Crippen LogP contribution is 2.16. The van der Waals surface area contributed by atoms with Gasteiger partial charge in [0.2, 0.25) is 0 Å². The minimum Gasteiger partial charge on any atom is -0.466 e. The number of ketones is 1. The van der Waals surface area contributed by atoms with Crippen LogP contribution in [0.25, 0.3) is 0 Å². The molecule has 286 valence electrons. The molecule has 0 spiro atoms. The molecular weight excluding hydrogens is 639 g/mol. The van der Waals surface area contributed by atoms with Crippen LogP contribution in [0.2, 0.25) is 0 Å². The molecule has 0 saturated carbocycles. The zero-order valence-corrected chi connectivity index (χ0v) is 33.6. The van der Waals surface area contributed by atoms with Crippen molar-refractivity contribution in [1.29, 1.82) is 0 Å². The van der Waals surface area contributed by atoms with E-state index in [0.29, 0.717) is 30.8 Å². The van der Waals surface area contributed by atoms with Gasteiger partial charge in [0.15, 0.2) is 0 Å². The molecule has 0 bridgehead atoms. The fourth-order valence-electron chi connectivity index (χ4n) is 5.82. The highest BCUT2D eigenvalue weighted by Gasteiger charge is 2.17. The minimum atomic E-state index is -0.514. The van der Waals surface area contributed by atoms with Crippen molar-refractivity contribution in [3.63, 3.8) is 0 Å². The SMILES string of the molecule is CCCCCCCCCCCCCCCC(=O)OCC[C@@H](CSC[C@H](N)C(C)=O)OC(=O)CCCCCCCCCCCCCCC.S. The summed E-state index contributed by atoms with van der Waals surface area (Å²) in [6, 6.07) is -0.514. The molecule has 0 fully saturated rings. The summed E-state index contributed by atoms with van der Waals surface area (Å²) in [5.41, 5.74) is 5.88. The monoisotopic (exact) mass is 718 g/mol. The molecule has 0 saturated heterocycles. The number of esters is 2. The average Bonchev–Trinajstić information content (AvgIpc) is 3.05. The zero-order chi connectivity index (χ0) is 34.6. The third kappa shape index (κ3) is 36.5. The van der Waals surface area contributed by atoms with Gasteiger partial charge < -0.3 is 15.2 Å². The van der Waals surface area contributed by atoms with Crippen molar-refractivity contribution >= 4 is 43.0 Å². The van der Waals surface area contributed by atoms with E-state index in [2.05, 4.69) is 13.8 Å². The molecule has 0 unspecified atom stereocenters. The average molecular weight is 718 g/mol. The molecule has 6 nitrogen and oxygen atoms in total. The van der Waals surface area contributed by atoms with E-state index in [4.69, 9.17) is 15.2 Å². The molecule has 48 heavy (non-hydrogen) atoms. The van der Waals surface area contributed by atoms with Gasteiger partial charge in [-0.05, 0) is 19.8 Å². The molecule has 0 aromatic rings. The van der Waals surface area contributed by atoms with E-state index >= 15 is 0 Å². The first kappa shape index (κ1) is 49.4. The van der Waals surface area contributed by atoms with Gasteiger partial charge in [-0.15, -0.1) is 0 Å². The number of rotatable bonds is 37.